The van der Waals surface area contributed by atoms with Gasteiger partial charge in [0.25, 0.3) is 5.91 Å². The molecule has 7 nitrogen and oxygen atoms in total. The number of aliphatic hydroxyl groups excluding tert-OH is 1. The number of rotatable bonds is 5. The Balaban J connectivity index is 2.01. The van der Waals surface area contributed by atoms with Gasteiger partial charge in [0.2, 0.25) is 0 Å². The molecule has 0 saturated carbocycles. The van der Waals surface area contributed by atoms with Crippen molar-refractivity contribution in [1.29, 1.82) is 0 Å². The van der Waals surface area contributed by atoms with Gasteiger partial charge in [-0.1, -0.05) is 11.3 Å². The lowest BCUT2D eigenvalue weighted by Crippen LogP contribution is -2.29. The van der Waals surface area contributed by atoms with Crippen LogP contribution in [0.5, 0.6) is 0 Å². The molecule has 2 heterocycles. The first-order valence-corrected chi connectivity index (χ1v) is 6.90. The molecule has 8 heteroatoms. The fourth-order valence-corrected chi connectivity index (χ4v) is 2.77. The number of hydrogen-bond donors (Lipinski definition) is 3. The van der Waals surface area contributed by atoms with E-state index in [1.54, 1.807) is 12.0 Å². The minimum absolute atomic E-state index is 0.161. The molecule has 19 heavy (non-hydrogen) atoms. The predicted molar refractivity (Wildman–Crippen MR) is 73.4 cm³/mol. The summed E-state index contributed by atoms with van der Waals surface area (Å²) in [5, 5.41) is 13.1. The van der Waals surface area contributed by atoms with Crippen molar-refractivity contribution >= 4 is 28.2 Å². The normalized spacial score (nSPS) is 18.8. The van der Waals surface area contributed by atoms with Crippen molar-refractivity contribution in [2.24, 2.45) is 0 Å². The Morgan fingerprint density at radius 1 is 1.74 bits per heavy atom. The summed E-state index contributed by atoms with van der Waals surface area (Å²) < 4.78 is 4.92. The van der Waals surface area contributed by atoms with Gasteiger partial charge in [0, 0.05) is 26.7 Å². The third-order valence-electron chi connectivity index (χ3n) is 2.88. The van der Waals surface area contributed by atoms with E-state index < -0.39 is 6.10 Å². The van der Waals surface area contributed by atoms with Gasteiger partial charge in [-0.05, 0) is 6.42 Å². The number of ether oxygens (including phenoxy) is 1. The number of nitrogens with two attached hydrogens (primary N) is 1. The van der Waals surface area contributed by atoms with E-state index in [1.165, 1.54) is 11.3 Å². The fourth-order valence-electron chi connectivity index (χ4n) is 1.89. The predicted octanol–water partition coefficient (Wildman–Crippen LogP) is -0.00960. The lowest BCUT2D eigenvalue weighted by Gasteiger charge is -2.13. The quantitative estimate of drug-likeness (QED) is 0.658. The van der Waals surface area contributed by atoms with E-state index in [-0.39, 0.29) is 11.7 Å². The Bertz CT molecular complexity index is 451. The molecule has 0 aliphatic carbocycles. The highest BCUT2D eigenvalue weighted by atomic mass is 32.1. The van der Waals surface area contributed by atoms with E-state index in [4.69, 9.17) is 10.5 Å². The minimum atomic E-state index is -0.433. The summed E-state index contributed by atoms with van der Waals surface area (Å²) in [4.78, 5) is 18.4. The molecule has 1 atom stereocenters. The van der Waals surface area contributed by atoms with E-state index in [0.717, 1.165) is 0 Å². The van der Waals surface area contributed by atoms with Crippen LogP contribution in [-0.4, -0.2) is 60.4 Å². The molecule has 0 bridgehead atoms. The van der Waals surface area contributed by atoms with Gasteiger partial charge in [-0.15, -0.1) is 0 Å². The van der Waals surface area contributed by atoms with Crippen molar-refractivity contribution in [2.75, 3.05) is 44.4 Å². The van der Waals surface area contributed by atoms with Crippen LogP contribution in [-0.2, 0) is 4.74 Å². The van der Waals surface area contributed by atoms with Gasteiger partial charge in [0.1, 0.15) is 10.7 Å². The Morgan fingerprint density at radius 3 is 3.16 bits per heavy atom. The number of carbonyl (C=O) groups is 1. The van der Waals surface area contributed by atoms with Crippen molar-refractivity contribution in [2.45, 2.75) is 12.5 Å². The van der Waals surface area contributed by atoms with Gasteiger partial charge in [-0.3, -0.25) is 4.79 Å². The topological polar surface area (TPSA) is 101 Å². The molecule has 1 aromatic heterocycles. The molecule has 4 N–H and O–H groups in total. The highest BCUT2D eigenvalue weighted by Gasteiger charge is 2.28. The smallest absolute Gasteiger partial charge is 0.267 e. The first-order chi connectivity index (χ1) is 9.11. The maximum atomic E-state index is 12.2. The zero-order chi connectivity index (χ0) is 13.8. The molecule has 1 saturated heterocycles. The molecule has 2 rings (SSSR count). The first-order valence-electron chi connectivity index (χ1n) is 6.08. The zero-order valence-electron chi connectivity index (χ0n) is 10.8. The maximum absolute atomic E-state index is 12.2. The third-order valence-corrected chi connectivity index (χ3v) is 3.90. The van der Waals surface area contributed by atoms with Crippen molar-refractivity contribution in [3.8, 4) is 0 Å². The molecule has 1 amide bonds. The third kappa shape index (κ3) is 3.34. The van der Waals surface area contributed by atoms with Crippen LogP contribution in [0.4, 0.5) is 10.9 Å². The number of thiazole rings is 1. The average molecular weight is 286 g/mol. The Labute approximate surface area is 115 Å². The van der Waals surface area contributed by atoms with Crippen molar-refractivity contribution < 1.29 is 14.6 Å². The van der Waals surface area contributed by atoms with Crippen LogP contribution in [0.25, 0.3) is 0 Å². The molecule has 106 valence electrons. The lowest BCUT2D eigenvalue weighted by atomic mass is 10.3. The number of nitrogens with zero attached hydrogens (tertiary/aromatic N) is 2. The summed E-state index contributed by atoms with van der Waals surface area (Å²) in [5.74, 6) is 0.0719. The minimum Gasteiger partial charge on any atom is -0.391 e. The number of aromatic nitrogens is 1. The summed E-state index contributed by atoms with van der Waals surface area (Å²) in [7, 11) is 1.62. The molecule has 0 radical (unpaired) electrons. The summed E-state index contributed by atoms with van der Waals surface area (Å²) in [6, 6.07) is 0. The van der Waals surface area contributed by atoms with E-state index in [0.29, 0.717) is 42.7 Å². The van der Waals surface area contributed by atoms with Gasteiger partial charge < -0.3 is 25.8 Å². The van der Waals surface area contributed by atoms with Gasteiger partial charge in [-0.2, -0.15) is 0 Å². The number of methoxy groups -OCH3 is 1. The molecule has 1 aliphatic rings. The summed E-state index contributed by atoms with van der Waals surface area (Å²) in [5.41, 5.74) is 5.77. The first kappa shape index (κ1) is 14.0. The highest BCUT2D eigenvalue weighted by molar-refractivity contribution is 7.18. The number of anilines is 2. The van der Waals surface area contributed by atoms with Crippen LogP contribution >= 0.6 is 11.3 Å². The van der Waals surface area contributed by atoms with Crippen LogP contribution < -0.4 is 11.1 Å². The molecule has 1 aliphatic heterocycles. The van der Waals surface area contributed by atoms with Gasteiger partial charge >= 0.3 is 0 Å². The summed E-state index contributed by atoms with van der Waals surface area (Å²) in [6.45, 7) is 2.09. The van der Waals surface area contributed by atoms with Crippen LogP contribution in [0.15, 0.2) is 0 Å². The van der Waals surface area contributed by atoms with Gasteiger partial charge in [-0.25, -0.2) is 4.98 Å². The van der Waals surface area contributed by atoms with E-state index in [1.807, 2.05) is 0 Å². The molecule has 1 aromatic rings. The largest absolute Gasteiger partial charge is 0.391 e. The van der Waals surface area contributed by atoms with Gasteiger partial charge in [0.15, 0.2) is 5.13 Å². The van der Waals surface area contributed by atoms with Crippen LogP contribution in [0.2, 0.25) is 0 Å². The number of amides is 1. The second-order valence-electron chi connectivity index (χ2n) is 4.35. The monoisotopic (exact) mass is 286 g/mol. The molecule has 1 fully saturated rings. The number of nitrogen functional groups attached to an aromatic ring is 1. The number of carbonyl (C=O) groups excluding carboxylic acids is 1. The highest BCUT2D eigenvalue weighted by Crippen LogP contribution is 2.27. The molecular weight excluding hydrogens is 268 g/mol. The number of β-amino-alcohol motifs (C(OH)–C–C–N with tert-alkyl or cyclic N) is 1. The Kier molecular flexibility index (Phi) is 4.56. The fraction of sp³-hybridized carbons (Fsp3) is 0.636. The summed E-state index contributed by atoms with van der Waals surface area (Å²) >= 11 is 1.23. The van der Waals surface area contributed by atoms with E-state index in [2.05, 4.69) is 10.3 Å². The van der Waals surface area contributed by atoms with E-state index in [9.17, 15) is 9.90 Å². The molecule has 0 aromatic carbocycles. The van der Waals surface area contributed by atoms with Crippen LogP contribution in [0.3, 0.4) is 0 Å². The molecule has 0 spiro atoms. The summed E-state index contributed by atoms with van der Waals surface area (Å²) in [6.07, 6.45) is 0.182. The van der Waals surface area contributed by atoms with Gasteiger partial charge in [0.05, 0.1) is 12.7 Å². The number of aliphatic hydroxyl groups is 1. The Morgan fingerprint density at radius 2 is 2.53 bits per heavy atom. The number of nitrogens with one attached hydrogen (secondary N) is 1. The maximum Gasteiger partial charge on any atom is 0.267 e. The van der Waals surface area contributed by atoms with Crippen molar-refractivity contribution in [3.63, 3.8) is 0 Å². The second kappa shape index (κ2) is 6.18. The second-order valence-corrected chi connectivity index (χ2v) is 5.35. The lowest BCUT2D eigenvalue weighted by molar-refractivity contribution is 0.0770. The number of hydrogen-bond acceptors (Lipinski definition) is 7. The zero-order valence-corrected chi connectivity index (χ0v) is 11.6. The molecule has 1 unspecified atom stereocenters. The van der Waals surface area contributed by atoms with E-state index >= 15 is 0 Å². The van der Waals surface area contributed by atoms with Crippen molar-refractivity contribution in [3.05, 3.63) is 4.88 Å². The average Bonchev–Trinajstić information content (AvgIpc) is 2.95. The van der Waals surface area contributed by atoms with Crippen molar-refractivity contribution in [1.82, 2.24) is 9.88 Å². The Hall–Kier alpha value is -1.38. The SMILES string of the molecule is COCCNc1nc(N)c(C(=O)N2CCC(O)C2)s1. The standard InChI is InChI=1S/C11H18N4O3S/c1-18-5-3-13-11-14-9(12)8(19-11)10(17)15-4-2-7(16)6-15/h7,16H,2-6,12H2,1H3,(H,13,14). The number of likely N-dealkylation sites (tertiary alicyclic amines) is 1. The molecular formula is C11H18N4O3S. The van der Waals surface area contributed by atoms with Crippen LogP contribution in [0.1, 0.15) is 16.1 Å². The van der Waals surface area contributed by atoms with Crippen LogP contribution in [0, 0.1) is 0 Å².